The number of anilines is 1. The van der Waals surface area contributed by atoms with Crippen molar-refractivity contribution in [1.29, 1.82) is 0 Å². The standard InChI is InChI=1S/C20H20BrN5O5S2/c1-4-8-26-17(11-6-7-12(21)31-11)24-25-20(26)32-9-13(27)23-18-14(19(29)30-5-2)10(3)15(33-18)16(22)28/h4,6-7H,1,5,8-9H2,2-3H3,(H2,22,28)(H,23,27). The van der Waals surface area contributed by atoms with Crippen LogP contribution in [0.2, 0.25) is 0 Å². The third-order valence-corrected chi connectivity index (χ3v) is 6.87. The predicted octanol–water partition coefficient (Wildman–Crippen LogP) is 3.86. The van der Waals surface area contributed by atoms with E-state index in [9.17, 15) is 14.4 Å². The van der Waals surface area contributed by atoms with Crippen LogP contribution in [-0.4, -0.2) is 44.9 Å². The first-order valence-electron chi connectivity index (χ1n) is 9.59. The van der Waals surface area contributed by atoms with Gasteiger partial charge in [-0.05, 0) is 47.5 Å². The number of halogens is 1. The predicted molar refractivity (Wildman–Crippen MR) is 129 cm³/mol. The van der Waals surface area contributed by atoms with Gasteiger partial charge in [-0.15, -0.1) is 28.1 Å². The maximum Gasteiger partial charge on any atom is 0.341 e. The van der Waals surface area contributed by atoms with Crippen LogP contribution < -0.4 is 11.1 Å². The van der Waals surface area contributed by atoms with Gasteiger partial charge in [0.15, 0.2) is 15.6 Å². The molecule has 33 heavy (non-hydrogen) atoms. The van der Waals surface area contributed by atoms with E-state index in [2.05, 4.69) is 38.0 Å². The van der Waals surface area contributed by atoms with Crippen LogP contribution in [0.5, 0.6) is 0 Å². The fraction of sp³-hybridized carbons (Fsp3) is 0.250. The molecule has 3 rings (SSSR count). The highest BCUT2D eigenvalue weighted by Gasteiger charge is 2.26. The number of primary amides is 1. The van der Waals surface area contributed by atoms with Gasteiger partial charge in [0, 0.05) is 6.54 Å². The van der Waals surface area contributed by atoms with E-state index in [-0.39, 0.29) is 27.8 Å². The molecule has 3 aromatic heterocycles. The van der Waals surface area contributed by atoms with Crippen LogP contribution in [0.25, 0.3) is 11.6 Å². The van der Waals surface area contributed by atoms with Gasteiger partial charge in [0.05, 0.1) is 22.8 Å². The van der Waals surface area contributed by atoms with Crippen LogP contribution in [0.1, 0.15) is 32.5 Å². The summed E-state index contributed by atoms with van der Waals surface area (Å²) in [6.07, 6.45) is 1.68. The van der Waals surface area contributed by atoms with Crippen molar-refractivity contribution in [2.45, 2.75) is 25.5 Å². The van der Waals surface area contributed by atoms with E-state index in [0.29, 0.717) is 33.5 Å². The number of thioether (sulfide) groups is 1. The van der Waals surface area contributed by atoms with Crippen LogP contribution in [0.15, 0.2) is 39.0 Å². The SMILES string of the molecule is C=CCn1c(SCC(=O)Nc2sc(C(N)=O)c(C)c2C(=O)OCC)nnc1-c1ccc(Br)o1. The largest absolute Gasteiger partial charge is 0.462 e. The fourth-order valence-corrected chi connectivity index (χ4v) is 5.00. The first-order valence-corrected chi connectivity index (χ1v) is 12.2. The number of thiophene rings is 1. The number of allylic oxidation sites excluding steroid dienone is 1. The summed E-state index contributed by atoms with van der Waals surface area (Å²) in [6.45, 7) is 7.55. The number of hydrogen-bond acceptors (Lipinski definition) is 9. The summed E-state index contributed by atoms with van der Waals surface area (Å²) < 4.78 is 12.9. The molecule has 0 unspecified atom stereocenters. The Balaban J connectivity index is 1.78. The summed E-state index contributed by atoms with van der Waals surface area (Å²) in [5.41, 5.74) is 5.89. The highest BCUT2D eigenvalue weighted by Crippen LogP contribution is 2.34. The molecular formula is C20H20BrN5O5S2. The van der Waals surface area contributed by atoms with Crippen LogP contribution in [-0.2, 0) is 16.1 Å². The van der Waals surface area contributed by atoms with Gasteiger partial charge in [-0.2, -0.15) is 0 Å². The first-order chi connectivity index (χ1) is 15.8. The smallest absolute Gasteiger partial charge is 0.341 e. The van der Waals surface area contributed by atoms with Crippen molar-refractivity contribution in [3.63, 3.8) is 0 Å². The number of nitrogens with two attached hydrogens (primary N) is 1. The lowest BCUT2D eigenvalue weighted by molar-refractivity contribution is -0.113. The van der Waals surface area contributed by atoms with E-state index < -0.39 is 17.8 Å². The first kappa shape index (κ1) is 24.7. The second kappa shape index (κ2) is 10.8. The highest BCUT2D eigenvalue weighted by molar-refractivity contribution is 9.10. The zero-order chi connectivity index (χ0) is 24.1. The van der Waals surface area contributed by atoms with Crippen LogP contribution >= 0.6 is 39.0 Å². The van der Waals surface area contributed by atoms with E-state index in [0.717, 1.165) is 23.1 Å². The zero-order valence-electron chi connectivity index (χ0n) is 17.7. The van der Waals surface area contributed by atoms with E-state index in [1.54, 1.807) is 36.6 Å². The molecule has 0 aliphatic rings. The number of aromatic nitrogens is 3. The lowest BCUT2D eigenvalue weighted by Crippen LogP contribution is -2.17. The van der Waals surface area contributed by atoms with Gasteiger partial charge in [-0.1, -0.05) is 17.8 Å². The number of carbonyl (C=O) groups excluding carboxylic acids is 3. The van der Waals surface area contributed by atoms with E-state index >= 15 is 0 Å². The number of furan rings is 1. The number of amides is 2. The maximum atomic E-state index is 12.7. The molecule has 0 aliphatic heterocycles. The Hall–Kier alpha value is -2.90. The summed E-state index contributed by atoms with van der Waals surface area (Å²) in [4.78, 5) is 36.9. The van der Waals surface area contributed by atoms with Crippen molar-refractivity contribution in [2.75, 3.05) is 17.7 Å². The summed E-state index contributed by atoms with van der Waals surface area (Å²) in [5.74, 6) is -0.748. The topological polar surface area (TPSA) is 142 Å². The molecule has 0 fully saturated rings. The molecule has 0 atom stereocenters. The van der Waals surface area contributed by atoms with Gasteiger partial charge >= 0.3 is 5.97 Å². The number of hydrogen-bond donors (Lipinski definition) is 2. The van der Waals surface area contributed by atoms with Crippen molar-refractivity contribution in [2.24, 2.45) is 5.73 Å². The molecule has 3 heterocycles. The molecule has 13 heteroatoms. The van der Waals surface area contributed by atoms with Crippen molar-refractivity contribution in [1.82, 2.24) is 14.8 Å². The zero-order valence-corrected chi connectivity index (χ0v) is 20.9. The maximum absolute atomic E-state index is 12.7. The molecule has 2 amide bonds. The average Bonchev–Trinajstić information content (AvgIpc) is 3.44. The Morgan fingerprint density at radius 1 is 1.39 bits per heavy atom. The molecule has 0 spiro atoms. The number of nitrogens with one attached hydrogen (secondary N) is 1. The molecule has 0 aromatic carbocycles. The van der Waals surface area contributed by atoms with Crippen molar-refractivity contribution in [3.05, 3.63) is 45.5 Å². The van der Waals surface area contributed by atoms with Crippen LogP contribution in [0.4, 0.5) is 5.00 Å². The average molecular weight is 554 g/mol. The highest BCUT2D eigenvalue weighted by atomic mass is 79.9. The summed E-state index contributed by atoms with van der Waals surface area (Å²) in [5, 5.41) is 11.7. The second-order valence-corrected chi connectivity index (χ2v) is 9.24. The number of nitrogens with zero attached hydrogens (tertiary/aromatic N) is 3. The summed E-state index contributed by atoms with van der Waals surface area (Å²) in [6, 6.07) is 3.49. The lowest BCUT2D eigenvalue weighted by atomic mass is 10.1. The molecule has 3 aromatic rings. The van der Waals surface area contributed by atoms with Gasteiger partial charge in [0.2, 0.25) is 11.7 Å². The lowest BCUT2D eigenvalue weighted by Gasteiger charge is -2.08. The Morgan fingerprint density at radius 3 is 2.76 bits per heavy atom. The Morgan fingerprint density at radius 2 is 2.15 bits per heavy atom. The van der Waals surface area contributed by atoms with Gasteiger partial charge in [-0.25, -0.2) is 4.79 Å². The molecule has 0 saturated carbocycles. The van der Waals surface area contributed by atoms with Gasteiger partial charge in [0.25, 0.3) is 5.91 Å². The number of rotatable bonds is 10. The van der Waals surface area contributed by atoms with E-state index in [4.69, 9.17) is 14.9 Å². The van der Waals surface area contributed by atoms with Crippen molar-refractivity contribution >= 4 is 61.8 Å². The Kier molecular flexibility index (Phi) is 8.10. The van der Waals surface area contributed by atoms with Crippen LogP contribution in [0, 0.1) is 6.92 Å². The molecule has 0 bridgehead atoms. The molecule has 3 N–H and O–H groups in total. The normalized spacial score (nSPS) is 10.8. The minimum atomic E-state index is -0.687. The minimum Gasteiger partial charge on any atom is -0.462 e. The van der Waals surface area contributed by atoms with Crippen molar-refractivity contribution in [3.8, 4) is 11.6 Å². The second-order valence-electron chi connectivity index (χ2n) is 6.49. The minimum absolute atomic E-state index is 0.0256. The number of carbonyl (C=O) groups is 3. The molecule has 0 saturated heterocycles. The van der Waals surface area contributed by atoms with Gasteiger partial charge < -0.3 is 20.2 Å². The third kappa shape index (κ3) is 5.54. The quantitative estimate of drug-likeness (QED) is 0.219. The number of ether oxygens (including phenoxy) is 1. The number of esters is 1. The third-order valence-electron chi connectivity index (χ3n) is 4.26. The van der Waals surface area contributed by atoms with Gasteiger partial charge in [0.1, 0.15) is 5.00 Å². The van der Waals surface area contributed by atoms with Crippen LogP contribution in [0.3, 0.4) is 0 Å². The Bertz CT molecular complexity index is 1220. The molecular weight excluding hydrogens is 534 g/mol. The summed E-state index contributed by atoms with van der Waals surface area (Å²) >= 11 is 5.34. The van der Waals surface area contributed by atoms with Crippen molar-refractivity contribution < 1.29 is 23.5 Å². The molecule has 174 valence electrons. The monoisotopic (exact) mass is 553 g/mol. The van der Waals surface area contributed by atoms with Gasteiger partial charge in [-0.3, -0.25) is 14.2 Å². The van der Waals surface area contributed by atoms with E-state index in [1.165, 1.54) is 0 Å². The molecule has 0 radical (unpaired) electrons. The van der Waals surface area contributed by atoms with E-state index in [1.807, 2.05) is 0 Å². The molecule has 10 nitrogen and oxygen atoms in total. The summed E-state index contributed by atoms with van der Waals surface area (Å²) in [7, 11) is 0. The Labute approximate surface area is 205 Å². The molecule has 0 aliphatic carbocycles. The fourth-order valence-electron chi connectivity index (χ4n) is 2.88.